The number of aromatic nitrogens is 1. The maximum atomic E-state index is 12.2. The van der Waals surface area contributed by atoms with Gasteiger partial charge in [0.25, 0.3) is 11.5 Å². The molecule has 0 unspecified atom stereocenters. The second-order valence-corrected chi connectivity index (χ2v) is 7.88. The summed E-state index contributed by atoms with van der Waals surface area (Å²) in [6, 6.07) is 16.2. The van der Waals surface area contributed by atoms with Crippen molar-refractivity contribution in [2.75, 3.05) is 0 Å². The van der Waals surface area contributed by atoms with Crippen LogP contribution in [-0.4, -0.2) is 27.4 Å². The second kappa shape index (κ2) is 9.54. The van der Waals surface area contributed by atoms with E-state index in [0.717, 1.165) is 28.2 Å². The van der Waals surface area contributed by atoms with E-state index in [1.54, 1.807) is 0 Å². The van der Waals surface area contributed by atoms with Crippen LogP contribution in [0.3, 0.4) is 0 Å². The van der Waals surface area contributed by atoms with Crippen LogP contribution in [0.1, 0.15) is 28.1 Å². The molecular formula is C21H19ClN2O4S. The third-order valence-corrected chi connectivity index (χ3v) is 5.46. The molecule has 1 atom stereocenters. The zero-order valence-corrected chi connectivity index (χ0v) is 16.9. The third-order valence-electron chi connectivity index (χ3n) is 4.40. The summed E-state index contributed by atoms with van der Waals surface area (Å²) in [6.07, 6.45) is 0.886. The highest BCUT2D eigenvalue weighted by Gasteiger charge is 2.18. The minimum absolute atomic E-state index is 0.189. The molecule has 2 aromatic carbocycles. The van der Waals surface area contributed by atoms with Gasteiger partial charge in [-0.1, -0.05) is 59.5 Å². The number of carbonyl (C=O) groups is 2. The summed E-state index contributed by atoms with van der Waals surface area (Å²) < 4.78 is 2.44. The van der Waals surface area contributed by atoms with Gasteiger partial charge in [0.1, 0.15) is 4.88 Å². The lowest BCUT2D eigenvalue weighted by Gasteiger charge is -2.16. The zero-order chi connectivity index (χ0) is 20.8. The van der Waals surface area contributed by atoms with Crippen molar-refractivity contribution in [2.24, 2.45) is 0 Å². The van der Waals surface area contributed by atoms with Crippen molar-refractivity contribution < 1.29 is 14.7 Å². The fourth-order valence-electron chi connectivity index (χ4n) is 2.96. The number of amides is 1. The van der Waals surface area contributed by atoms with E-state index >= 15 is 0 Å². The Hall–Kier alpha value is -2.90. The Balaban J connectivity index is 1.63. The smallest absolute Gasteiger partial charge is 0.305 e. The Kier molecular flexibility index (Phi) is 6.85. The van der Waals surface area contributed by atoms with Crippen LogP contribution in [0.4, 0.5) is 0 Å². The molecule has 0 spiro atoms. The highest BCUT2D eigenvalue weighted by molar-refractivity contribution is 7.08. The summed E-state index contributed by atoms with van der Waals surface area (Å²) in [5, 5.41) is 12.5. The molecule has 0 radical (unpaired) electrons. The van der Waals surface area contributed by atoms with E-state index in [1.165, 1.54) is 6.07 Å². The van der Waals surface area contributed by atoms with Crippen LogP contribution in [0, 0.1) is 0 Å². The van der Waals surface area contributed by atoms with Crippen LogP contribution < -0.4 is 10.9 Å². The number of carbonyl (C=O) groups excluding carboxylic acids is 1. The largest absolute Gasteiger partial charge is 0.481 e. The van der Waals surface area contributed by atoms with Gasteiger partial charge in [-0.25, -0.2) is 0 Å². The Morgan fingerprint density at radius 3 is 2.48 bits per heavy atom. The third kappa shape index (κ3) is 6.04. The SMILES string of the molecule is O=C(O)C[C@@H](CCc1ccc(-c2cccc(Cl)c2)cc1)NC(=O)c1cc(=O)[nH]s1. The number of hydrogen-bond acceptors (Lipinski definition) is 4. The van der Waals surface area contributed by atoms with Gasteiger partial charge >= 0.3 is 5.97 Å². The molecule has 0 saturated carbocycles. The Morgan fingerprint density at radius 2 is 1.86 bits per heavy atom. The second-order valence-electron chi connectivity index (χ2n) is 6.59. The van der Waals surface area contributed by atoms with E-state index in [2.05, 4.69) is 9.69 Å². The summed E-state index contributed by atoms with van der Waals surface area (Å²) in [4.78, 5) is 34.8. The molecule has 1 aromatic heterocycles. The van der Waals surface area contributed by atoms with Crippen molar-refractivity contribution in [2.45, 2.75) is 25.3 Å². The number of carboxylic acid groups (broad SMARTS) is 1. The molecular weight excluding hydrogens is 412 g/mol. The number of hydrogen-bond donors (Lipinski definition) is 3. The Labute approximate surface area is 176 Å². The summed E-state index contributed by atoms with van der Waals surface area (Å²) in [5.41, 5.74) is 2.74. The number of benzene rings is 2. The fourth-order valence-corrected chi connectivity index (χ4v) is 3.74. The molecule has 0 bridgehead atoms. The van der Waals surface area contributed by atoms with Crippen LogP contribution in [0.15, 0.2) is 59.4 Å². The summed E-state index contributed by atoms with van der Waals surface area (Å²) in [5.74, 6) is -1.44. The van der Waals surface area contributed by atoms with Gasteiger partial charge in [0.2, 0.25) is 0 Å². The molecule has 1 amide bonds. The van der Waals surface area contributed by atoms with Gasteiger partial charge in [-0.15, -0.1) is 0 Å². The standard InChI is InChI=1S/C21H19ClN2O4S/c22-16-3-1-2-15(10-16)14-7-4-13(5-8-14)6-9-17(11-20(26)27)23-21(28)18-12-19(25)24-29-18/h1-5,7-8,10,12,17H,6,9,11H2,(H,23,28)(H,24,25)(H,26,27)/t17-/m1/s1. The summed E-state index contributed by atoms with van der Waals surface area (Å²) >= 11 is 6.97. The van der Waals surface area contributed by atoms with Gasteiger partial charge in [0.05, 0.1) is 6.42 Å². The quantitative estimate of drug-likeness (QED) is 0.503. The van der Waals surface area contributed by atoms with E-state index in [-0.39, 0.29) is 16.9 Å². The molecule has 29 heavy (non-hydrogen) atoms. The topological polar surface area (TPSA) is 99.3 Å². The maximum Gasteiger partial charge on any atom is 0.305 e. The molecule has 150 valence electrons. The van der Waals surface area contributed by atoms with Crippen molar-refractivity contribution in [1.29, 1.82) is 0 Å². The zero-order valence-electron chi connectivity index (χ0n) is 15.4. The molecule has 6 nitrogen and oxygen atoms in total. The first-order valence-corrected chi connectivity index (χ1v) is 10.2. The van der Waals surface area contributed by atoms with Gasteiger partial charge in [0, 0.05) is 17.1 Å². The number of aryl methyl sites for hydroxylation is 1. The van der Waals surface area contributed by atoms with Crippen LogP contribution in [0.5, 0.6) is 0 Å². The normalized spacial score (nSPS) is 11.8. The lowest BCUT2D eigenvalue weighted by Crippen LogP contribution is -2.36. The number of carboxylic acids is 1. The average Bonchev–Trinajstić information content (AvgIpc) is 3.13. The molecule has 1 heterocycles. The molecule has 0 aliphatic heterocycles. The van der Waals surface area contributed by atoms with E-state index in [1.807, 2.05) is 48.5 Å². The van der Waals surface area contributed by atoms with Crippen LogP contribution in [-0.2, 0) is 11.2 Å². The van der Waals surface area contributed by atoms with Crippen molar-refractivity contribution in [3.63, 3.8) is 0 Å². The number of H-pyrrole nitrogens is 1. The Morgan fingerprint density at radius 1 is 1.10 bits per heavy atom. The first kappa shape index (κ1) is 20.8. The highest BCUT2D eigenvalue weighted by atomic mass is 35.5. The minimum atomic E-state index is -0.992. The fraction of sp³-hybridized carbons (Fsp3) is 0.190. The first-order valence-electron chi connectivity index (χ1n) is 8.97. The molecule has 0 aliphatic carbocycles. The van der Waals surface area contributed by atoms with E-state index in [4.69, 9.17) is 16.7 Å². The van der Waals surface area contributed by atoms with E-state index in [0.29, 0.717) is 17.9 Å². The van der Waals surface area contributed by atoms with E-state index < -0.39 is 17.9 Å². The molecule has 0 saturated heterocycles. The van der Waals surface area contributed by atoms with Crippen LogP contribution >= 0.6 is 23.1 Å². The summed E-state index contributed by atoms with van der Waals surface area (Å²) in [6.45, 7) is 0. The lowest BCUT2D eigenvalue weighted by molar-refractivity contribution is -0.137. The number of rotatable bonds is 8. The van der Waals surface area contributed by atoms with Gasteiger partial charge in [-0.3, -0.25) is 18.8 Å². The molecule has 3 aromatic rings. The minimum Gasteiger partial charge on any atom is -0.481 e. The molecule has 0 fully saturated rings. The predicted molar refractivity (Wildman–Crippen MR) is 114 cm³/mol. The van der Waals surface area contributed by atoms with Crippen molar-refractivity contribution >= 4 is 35.0 Å². The maximum absolute atomic E-state index is 12.2. The van der Waals surface area contributed by atoms with Gasteiger partial charge in [0.15, 0.2) is 0 Å². The van der Waals surface area contributed by atoms with Crippen LogP contribution in [0.2, 0.25) is 5.02 Å². The molecule has 3 N–H and O–H groups in total. The van der Waals surface area contributed by atoms with E-state index in [9.17, 15) is 14.4 Å². The van der Waals surface area contributed by atoms with Crippen molar-refractivity contribution in [1.82, 2.24) is 9.69 Å². The van der Waals surface area contributed by atoms with Crippen LogP contribution in [0.25, 0.3) is 11.1 Å². The van der Waals surface area contributed by atoms with Gasteiger partial charge < -0.3 is 10.4 Å². The average molecular weight is 431 g/mol. The highest BCUT2D eigenvalue weighted by Crippen LogP contribution is 2.23. The van der Waals surface area contributed by atoms with Crippen molar-refractivity contribution in [3.8, 4) is 11.1 Å². The number of aliphatic carboxylic acids is 1. The van der Waals surface area contributed by atoms with Gasteiger partial charge in [-0.05, 0) is 41.7 Å². The lowest BCUT2D eigenvalue weighted by atomic mass is 9.99. The molecule has 3 rings (SSSR count). The monoisotopic (exact) mass is 430 g/mol. The predicted octanol–water partition coefficient (Wildman–Crippen LogP) is 3.96. The first-order chi connectivity index (χ1) is 13.9. The summed E-state index contributed by atoms with van der Waals surface area (Å²) in [7, 11) is 0. The molecule has 0 aliphatic rings. The number of aromatic amines is 1. The number of nitrogens with one attached hydrogen (secondary N) is 2. The molecule has 8 heteroatoms. The van der Waals surface area contributed by atoms with Crippen molar-refractivity contribution in [3.05, 3.63) is 80.4 Å². The van der Waals surface area contributed by atoms with Gasteiger partial charge in [-0.2, -0.15) is 0 Å². The number of halogens is 1. The Bertz CT molecular complexity index is 1060.